The first-order chi connectivity index (χ1) is 14.1. The van der Waals surface area contributed by atoms with E-state index in [1.54, 1.807) is 23.4 Å². The van der Waals surface area contributed by atoms with Crippen LogP contribution >= 0.6 is 11.3 Å². The number of anilines is 2. The lowest BCUT2D eigenvalue weighted by Gasteiger charge is -2.31. The second-order valence-corrected chi connectivity index (χ2v) is 8.49. The molecule has 3 N–H and O–H groups in total. The number of hydrogen-bond donors (Lipinski definition) is 2. The Balaban J connectivity index is 1.34. The number of pyridine rings is 1. The van der Waals surface area contributed by atoms with Gasteiger partial charge in [-0.2, -0.15) is 0 Å². The lowest BCUT2D eigenvalue weighted by Crippen LogP contribution is -2.43. The molecule has 1 aliphatic heterocycles. The van der Waals surface area contributed by atoms with E-state index in [-0.39, 0.29) is 12.0 Å². The minimum absolute atomic E-state index is 0.207. The summed E-state index contributed by atoms with van der Waals surface area (Å²) in [6.07, 6.45) is 10.0. The number of carbonyl (C=O) groups excluding carboxylic acids is 2. The Kier molecular flexibility index (Phi) is 5.80. The fraction of sp³-hybridized carbons (Fsp3) is 0.381. The van der Waals surface area contributed by atoms with Crippen molar-refractivity contribution in [3.8, 4) is 0 Å². The molecule has 0 bridgehead atoms. The van der Waals surface area contributed by atoms with Gasteiger partial charge in [0.2, 0.25) is 5.91 Å². The first-order valence-electron chi connectivity index (χ1n) is 9.81. The monoisotopic (exact) mass is 412 g/mol. The molecule has 1 saturated heterocycles. The highest BCUT2D eigenvalue weighted by Gasteiger charge is 2.27. The van der Waals surface area contributed by atoms with Crippen LogP contribution in [0.1, 0.15) is 28.8 Å². The number of nitrogen functional groups attached to an aromatic ring is 1. The normalized spacial score (nSPS) is 18.2. The largest absolute Gasteiger partial charge is 0.449 e. The molecule has 3 heterocycles. The summed E-state index contributed by atoms with van der Waals surface area (Å²) in [5.74, 6) is 0.0685. The Labute approximate surface area is 173 Å². The lowest BCUT2D eigenvalue weighted by atomic mass is 9.89. The van der Waals surface area contributed by atoms with Gasteiger partial charge in [0.15, 0.2) is 0 Å². The molecule has 4 rings (SSSR count). The average molecular weight is 413 g/mol. The quantitative estimate of drug-likeness (QED) is 0.734. The lowest BCUT2D eigenvalue weighted by molar-refractivity contribution is -0.111. The number of rotatable bonds is 5. The zero-order valence-corrected chi connectivity index (χ0v) is 16.9. The molecule has 1 fully saturated rings. The van der Waals surface area contributed by atoms with E-state index in [1.165, 1.54) is 22.3 Å². The number of amides is 2. The van der Waals surface area contributed by atoms with E-state index in [9.17, 15) is 9.59 Å². The van der Waals surface area contributed by atoms with Crippen molar-refractivity contribution in [2.24, 2.45) is 5.92 Å². The minimum atomic E-state index is -0.223. The molecule has 0 aromatic carbocycles. The van der Waals surface area contributed by atoms with Gasteiger partial charge in [-0.1, -0.05) is 6.07 Å². The first kappa shape index (κ1) is 19.4. The molecule has 7 nitrogen and oxygen atoms in total. The van der Waals surface area contributed by atoms with Gasteiger partial charge in [-0.15, -0.1) is 11.3 Å². The van der Waals surface area contributed by atoms with E-state index >= 15 is 0 Å². The number of nitrogens with zero attached hydrogens (tertiary/aromatic N) is 2. The summed E-state index contributed by atoms with van der Waals surface area (Å²) in [7, 11) is 0. The predicted molar refractivity (Wildman–Crippen MR) is 114 cm³/mol. The van der Waals surface area contributed by atoms with Crippen LogP contribution < -0.4 is 11.1 Å². The smallest absolute Gasteiger partial charge is 0.409 e. The molecule has 1 atom stereocenters. The predicted octanol–water partition coefficient (Wildman–Crippen LogP) is 3.32. The van der Waals surface area contributed by atoms with Crippen molar-refractivity contribution < 1.29 is 14.3 Å². The minimum Gasteiger partial charge on any atom is -0.449 e. The molecule has 1 aliphatic carbocycles. The third kappa shape index (κ3) is 4.59. The SMILES string of the molecule is Nc1c(NC(=O)/C=C/c2cccnc2)sc2c1CCC(COC(=O)N1CCC1)C2. The van der Waals surface area contributed by atoms with Crippen molar-refractivity contribution in [1.82, 2.24) is 9.88 Å². The van der Waals surface area contributed by atoms with E-state index < -0.39 is 0 Å². The summed E-state index contributed by atoms with van der Waals surface area (Å²) in [6.45, 7) is 2.03. The number of nitrogens with one attached hydrogen (secondary N) is 1. The van der Waals surface area contributed by atoms with Crippen molar-refractivity contribution in [3.05, 3.63) is 46.6 Å². The number of fused-ring (bicyclic) bond motifs is 1. The van der Waals surface area contributed by atoms with Gasteiger partial charge in [-0.05, 0) is 54.9 Å². The zero-order valence-electron chi connectivity index (χ0n) is 16.1. The molecule has 1 unspecified atom stereocenters. The molecule has 2 aliphatic rings. The molecular formula is C21H24N4O3S. The Bertz CT molecular complexity index is 922. The third-order valence-corrected chi connectivity index (χ3v) is 6.50. The second-order valence-electron chi connectivity index (χ2n) is 7.38. The maximum atomic E-state index is 12.3. The summed E-state index contributed by atoms with van der Waals surface area (Å²) in [5.41, 5.74) is 8.91. The van der Waals surface area contributed by atoms with Crippen LogP contribution in [0.5, 0.6) is 0 Å². The number of thiophene rings is 1. The maximum absolute atomic E-state index is 12.3. The Hall–Kier alpha value is -2.87. The number of hydrogen-bond acceptors (Lipinski definition) is 6. The van der Waals surface area contributed by atoms with E-state index in [0.717, 1.165) is 49.9 Å². The first-order valence-corrected chi connectivity index (χ1v) is 10.6. The highest BCUT2D eigenvalue weighted by Crippen LogP contribution is 2.41. The van der Waals surface area contributed by atoms with Crippen LogP contribution in [0.25, 0.3) is 6.08 Å². The molecule has 2 aromatic rings. The Morgan fingerprint density at radius 2 is 2.28 bits per heavy atom. The number of carbonyl (C=O) groups is 2. The molecule has 0 saturated carbocycles. The van der Waals surface area contributed by atoms with Gasteiger partial charge in [0.05, 0.1) is 12.3 Å². The molecule has 29 heavy (non-hydrogen) atoms. The van der Waals surface area contributed by atoms with Crippen LogP contribution in [0.4, 0.5) is 15.5 Å². The van der Waals surface area contributed by atoms with Crippen molar-refractivity contribution in [2.45, 2.75) is 25.7 Å². The fourth-order valence-corrected chi connectivity index (χ4v) is 4.78. The number of nitrogens with two attached hydrogens (primary N) is 1. The summed E-state index contributed by atoms with van der Waals surface area (Å²) < 4.78 is 5.45. The van der Waals surface area contributed by atoms with Gasteiger partial charge in [0.1, 0.15) is 5.00 Å². The van der Waals surface area contributed by atoms with Crippen molar-refractivity contribution >= 4 is 40.1 Å². The topological polar surface area (TPSA) is 97.5 Å². The van der Waals surface area contributed by atoms with Crippen LogP contribution in [0.15, 0.2) is 30.6 Å². The van der Waals surface area contributed by atoms with Gasteiger partial charge in [0.25, 0.3) is 0 Å². The summed E-state index contributed by atoms with van der Waals surface area (Å²) >= 11 is 1.52. The van der Waals surface area contributed by atoms with Gasteiger partial charge in [-0.25, -0.2) is 4.79 Å². The van der Waals surface area contributed by atoms with E-state index in [0.29, 0.717) is 23.2 Å². The molecule has 8 heteroatoms. The average Bonchev–Trinajstić information content (AvgIpc) is 2.99. The van der Waals surface area contributed by atoms with Crippen LogP contribution in [-0.2, 0) is 22.4 Å². The Morgan fingerprint density at radius 1 is 1.41 bits per heavy atom. The maximum Gasteiger partial charge on any atom is 0.409 e. The highest BCUT2D eigenvalue weighted by atomic mass is 32.1. The number of ether oxygens (including phenoxy) is 1. The standard InChI is InChI=1S/C21H24N4O3S/c22-19-16-6-4-15(13-28-21(27)25-9-2-10-25)11-17(16)29-20(19)24-18(26)7-5-14-3-1-8-23-12-14/h1,3,5,7-8,12,15H,2,4,6,9-11,13,22H2,(H,24,26)/b7-5+. The molecule has 2 aromatic heterocycles. The van der Waals surface area contributed by atoms with Crippen molar-refractivity contribution in [3.63, 3.8) is 0 Å². The van der Waals surface area contributed by atoms with Crippen LogP contribution in [0.2, 0.25) is 0 Å². The molecule has 2 amide bonds. The molecular weight excluding hydrogens is 388 g/mol. The third-order valence-electron chi connectivity index (χ3n) is 5.31. The van der Waals surface area contributed by atoms with E-state index in [1.807, 2.05) is 12.1 Å². The second kappa shape index (κ2) is 8.65. The van der Waals surface area contributed by atoms with Gasteiger partial charge in [0, 0.05) is 36.4 Å². The van der Waals surface area contributed by atoms with Crippen molar-refractivity contribution in [1.29, 1.82) is 0 Å². The van der Waals surface area contributed by atoms with Gasteiger partial charge in [-0.3, -0.25) is 9.78 Å². The van der Waals surface area contributed by atoms with Gasteiger partial charge >= 0.3 is 6.09 Å². The van der Waals surface area contributed by atoms with Crippen molar-refractivity contribution in [2.75, 3.05) is 30.7 Å². The van der Waals surface area contributed by atoms with Gasteiger partial charge < -0.3 is 20.7 Å². The van der Waals surface area contributed by atoms with Crippen LogP contribution in [0.3, 0.4) is 0 Å². The Morgan fingerprint density at radius 3 is 3.00 bits per heavy atom. The number of aromatic nitrogens is 1. The highest BCUT2D eigenvalue weighted by molar-refractivity contribution is 7.17. The van der Waals surface area contributed by atoms with E-state index in [4.69, 9.17) is 10.5 Å². The van der Waals surface area contributed by atoms with Crippen LogP contribution in [0, 0.1) is 5.92 Å². The van der Waals surface area contributed by atoms with E-state index in [2.05, 4.69) is 10.3 Å². The molecule has 0 radical (unpaired) electrons. The molecule has 0 spiro atoms. The fourth-order valence-electron chi connectivity index (χ4n) is 3.49. The van der Waals surface area contributed by atoms with Crippen LogP contribution in [-0.4, -0.2) is 41.6 Å². The zero-order chi connectivity index (χ0) is 20.2. The molecule has 152 valence electrons. The number of likely N-dealkylation sites (tertiary alicyclic amines) is 1. The summed E-state index contributed by atoms with van der Waals surface area (Å²) in [6, 6.07) is 3.70. The summed E-state index contributed by atoms with van der Waals surface area (Å²) in [4.78, 5) is 31.1. The summed E-state index contributed by atoms with van der Waals surface area (Å²) in [5, 5.41) is 3.58.